The first-order chi connectivity index (χ1) is 12.1. The molecule has 1 heterocycles. The first-order valence-corrected chi connectivity index (χ1v) is 8.64. The number of allylic oxidation sites excluding steroid dienone is 1. The maximum absolute atomic E-state index is 12.6. The van der Waals surface area contributed by atoms with Crippen LogP contribution in [0.4, 0.5) is 0 Å². The third-order valence-corrected chi connectivity index (χ3v) is 4.26. The fourth-order valence-corrected chi connectivity index (χ4v) is 2.95. The summed E-state index contributed by atoms with van der Waals surface area (Å²) in [6, 6.07) is 14.6. The fourth-order valence-electron chi connectivity index (χ4n) is 2.59. The number of H-pyrrole nitrogens is 1. The van der Waals surface area contributed by atoms with Crippen molar-refractivity contribution < 1.29 is 14.3 Å². The molecule has 0 aliphatic carbocycles. The number of benzene rings is 2. The monoisotopic (exact) mass is 397 g/mol. The van der Waals surface area contributed by atoms with E-state index in [1.807, 2.05) is 24.3 Å². The van der Waals surface area contributed by atoms with Crippen molar-refractivity contribution in [2.24, 2.45) is 0 Å². The van der Waals surface area contributed by atoms with Crippen LogP contribution < -0.4 is 0 Å². The number of fused-ring (bicyclic) bond motifs is 1. The van der Waals surface area contributed by atoms with Crippen LogP contribution >= 0.6 is 15.9 Å². The number of nitrogens with one attached hydrogen (secondary N) is 1. The zero-order chi connectivity index (χ0) is 17.8. The summed E-state index contributed by atoms with van der Waals surface area (Å²) >= 11 is 3.44. The molecule has 2 aromatic carbocycles. The molecule has 0 aliphatic heterocycles. The van der Waals surface area contributed by atoms with Crippen molar-refractivity contribution in [1.82, 2.24) is 4.98 Å². The van der Waals surface area contributed by atoms with Gasteiger partial charge in [0.15, 0.2) is 5.78 Å². The highest BCUT2D eigenvalue weighted by Gasteiger charge is 2.19. The number of aromatic amines is 1. The standard InChI is InChI=1S/C20H16BrNO3/c1-2-25-20(24)16(11-19(23)13-6-4-3-5-7-13)17-12-22-18-9-8-14(21)10-15(17)18/h3-12,22H,2H2,1H3/b16-11+. The second-order valence-corrected chi connectivity index (χ2v) is 6.32. The predicted molar refractivity (Wildman–Crippen MR) is 101 cm³/mol. The molecule has 0 bridgehead atoms. The van der Waals surface area contributed by atoms with Gasteiger partial charge in [-0.3, -0.25) is 4.79 Å². The van der Waals surface area contributed by atoms with E-state index in [4.69, 9.17) is 4.74 Å². The topological polar surface area (TPSA) is 59.2 Å². The van der Waals surface area contributed by atoms with Crippen LogP contribution in [0.25, 0.3) is 16.5 Å². The average molecular weight is 398 g/mol. The summed E-state index contributed by atoms with van der Waals surface area (Å²) in [5.74, 6) is -0.763. The molecule has 0 saturated heterocycles. The summed E-state index contributed by atoms with van der Waals surface area (Å²) < 4.78 is 6.05. The normalized spacial score (nSPS) is 11.5. The van der Waals surface area contributed by atoms with Crippen molar-refractivity contribution in [3.8, 4) is 0 Å². The number of aromatic nitrogens is 1. The van der Waals surface area contributed by atoms with Crippen LogP contribution in [0.1, 0.15) is 22.8 Å². The number of ketones is 1. The minimum atomic E-state index is -0.521. The maximum atomic E-state index is 12.6. The molecule has 0 radical (unpaired) electrons. The molecule has 0 amide bonds. The lowest BCUT2D eigenvalue weighted by Gasteiger charge is -2.07. The van der Waals surface area contributed by atoms with E-state index >= 15 is 0 Å². The van der Waals surface area contributed by atoms with Gasteiger partial charge in [-0.2, -0.15) is 0 Å². The van der Waals surface area contributed by atoms with Crippen molar-refractivity contribution >= 4 is 44.2 Å². The highest BCUT2D eigenvalue weighted by Crippen LogP contribution is 2.29. The second kappa shape index (κ2) is 7.49. The molecule has 0 spiro atoms. The molecule has 25 heavy (non-hydrogen) atoms. The average Bonchev–Trinajstić information content (AvgIpc) is 3.03. The SMILES string of the molecule is CCOC(=O)/C(=C/C(=O)c1ccccc1)c1c[nH]c2ccc(Br)cc12. The van der Waals surface area contributed by atoms with Gasteiger partial charge in [0, 0.05) is 38.8 Å². The van der Waals surface area contributed by atoms with Gasteiger partial charge >= 0.3 is 5.97 Å². The number of rotatable bonds is 5. The van der Waals surface area contributed by atoms with Gasteiger partial charge in [-0.1, -0.05) is 46.3 Å². The van der Waals surface area contributed by atoms with Gasteiger partial charge in [-0.25, -0.2) is 4.79 Å². The van der Waals surface area contributed by atoms with Crippen LogP contribution in [-0.2, 0) is 9.53 Å². The molecule has 1 aromatic heterocycles. The van der Waals surface area contributed by atoms with Gasteiger partial charge in [-0.05, 0) is 25.1 Å². The number of halogens is 1. The number of hydrogen-bond acceptors (Lipinski definition) is 3. The van der Waals surface area contributed by atoms with E-state index in [2.05, 4.69) is 20.9 Å². The van der Waals surface area contributed by atoms with Crippen LogP contribution in [0.15, 0.2) is 65.3 Å². The molecule has 0 saturated carbocycles. The first-order valence-electron chi connectivity index (χ1n) is 7.85. The Morgan fingerprint density at radius 3 is 2.64 bits per heavy atom. The van der Waals surface area contributed by atoms with Gasteiger partial charge in [0.2, 0.25) is 0 Å². The fraction of sp³-hybridized carbons (Fsp3) is 0.100. The largest absolute Gasteiger partial charge is 0.462 e. The number of esters is 1. The Hall–Kier alpha value is -2.66. The molecule has 0 aliphatic rings. The van der Waals surface area contributed by atoms with Crippen molar-refractivity contribution in [1.29, 1.82) is 0 Å². The summed E-state index contributed by atoms with van der Waals surface area (Å²) in [6.45, 7) is 1.97. The lowest BCUT2D eigenvalue weighted by molar-refractivity contribution is -0.136. The molecule has 0 unspecified atom stereocenters. The van der Waals surface area contributed by atoms with E-state index in [9.17, 15) is 9.59 Å². The van der Waals surface area contributed by atoms with Gasteiger partial charge in [0.25, 0.3) is 0 Å². The summed E-state index contributed by atoms with van der Waals surface area (Å²) in [7, 11) is 0. The van der Waals surface area contributed by atoms with Crippen molar-refractivity contribution in [3.63, 3.8) is 0 Å². The Kier molecular flexibility index (Phi) is 5.14. The Morgan fingerprint density at radius 1 is 1.16 bits per heavy atom. The van der Waals surface area contributed by atoms with Gasteiger partial charge in [0.1, 0.15) is 0 Å². The molecular formula is C20H16BrNO3. The quantitative estimate of drug-likeness (QED) is 0.383. The Morgan fingerprint density at radius 2 is 1.92 bits per heavy atom. The van der Waals surface area contributed by atoms with Crippen molar-refractivity contribution in [2.75, 3.05) is 6.61 Å². The molecule has 3 aromatic rings. The molecule has 1 N–H and O–H groups in total. The predicted octanol–water partition coefficient (Wildman–Crippen LogP) is 4.76. The van der Waals surface area contributed by atoms with Crippen LogP contribution in [0, 0.1) is 0 Å². The van der Waals surface area contributed by atoms with Gasteiger partial charge in [0.05, 0.1) is 12.2 Å². The van der Waals surface area contributed by atoms with Gasteiger partial charge < -0.3 is 9.72 Å². The summed E-state index contributed by atoms with van der Waals surface area (Å²) in [5, 5.41) is 0.842. The zero-order valence-electron chi connectivity index (χ0n) is 13.6. The van der Waals surface area contributed by atoms with Crippen LogP contribution in [0.2, 0.25) is 0 Å². The van der Waals surface area contributed by atoms with Crippen molar-refractivity contribution in [3.05, 3.63) is 76.4 Å². The third kappa shape index (κ3) is 3.72. The molecule has 0 fully saturated rings. The number of carbonyl (C=O) groups excluding carboxylic acids is 2. The summed E-state index contributed by atoms with van der Waals surface area (Å²) in [6.07, 6.45) is 3.06. The third-order valence-electron chi connectivity index (χ3n) is 3.76. The van der Waals surface area contributed by atoms with Crippen LogP contribution in [-0.4, -0.2) is 23.3 Å². The summed E-state index contributed by atoms with van der Waals surface area (Å²) in [4.78, 5) is 28.2. The van der Waals surface area contributed by atoms with Crippen molar-refractivity contribution in [2.45, 2.75) is 6.92 Å². The molecule has 0 atom stereocenters. The molecule has 4 nitrogen and oxygen atoms in total. The number of carbonyl (C=O) groups is 2. The Bertz CT molecular complexity index is 957. The number of ether oxygens (including phenoxy) is 1. The molecule has 126 valence electrons. The highest BCUT2D eigenvalue weighted by molar-refractivity contribution is 9.10. The summed E-state index contributed by atoms with van der Waals surface area (Å²) in [5.41, 5.74) is 2.27. The van der Waals surface area contributed by atoms with E-state index < -0.39 is 5.97 Å². The Balaban J connectivity index is 2.11. The van der Waals surface area contributed by atoms with Crippen LogP contribution in [0.5, 0.6) is 0 Å². The van der Waals surface area contributed by atoms with E-state index in [0.717, 1.165) is 15.4 Å². The molecular weight excluding hydrogens is 382 g/mol. The molecule has 5 heteroatoms. The second-order valence-electron chi connectivity index (χ2n) is 5.40. The smallest absolute Gasteiger partial charge is 0.338 e. The Labute approximate surface area is 153 Å². The minimum absolute atomic E-state index is 0.236. The maximum Gasteiger partial charge on any atom is 0.338 e. The lowest BCUT2D eigenvalue weighted by Crippen LogP contribution is -2.09. The van der Waals surface area contributed by atoms with E-state index in [0.29, 0.717) is 11.1 Å². The van der Waals surface area contributed by atoms with E-state index in [1.165, 1.54) is 6.08 Å². The van der Waals surface area contributed by atoms with Gasteiger partial charge in [-0.15, -0.1) is 0 Å². The molecule has 3 rings (SSSR count). The van der Waals surface area contributed by atoms with Crippen LogP contribution in [0.3, 0.4) is 0 Å². The van der Waals surface area contributed by atoms with E-state index in [-0.39, 0.29) is 18.0 Å². The first kappa shape index (κ1) is 17.2. The highest BCUT2D eigenvalue weighted by atomic mass is 79.9. The zero-order valence-corrected chi connectivity index (χ0v) is 15.2. The lowest BCUT2D eigenvalue weighted by atomic mass is 10.0. The minimum Gasteiger partial charge on any atom is -0.462 e. The van der Waals surface area contributed by atoms with E-state index in [1.54, 1.807) is 37.4 Å². The number of hydrogen-bond donors (Lipinski definition) is 1.